The van der Waals surface area contributed by atoms with Crippen LogP contribution in [0.1, 0.15) is 15.9 Å². The molecule has 0 radical (unpaired) electrons. The van der Waals surface area contributed by atoms with Gasteiger partial charge in [0.05, 0.1) is 28.4 Å². The molecule has 6 nitrogen and oxygen atoms in total. The highest BCUT2D eigenvalue weighted by atomic mass is 16.5. The summed E-state index contributed by atoms with van der Waals surface area (Å²) >= 11 is 0. The standard InChI is InChI=1S/C20H23NO5/c1-6-7-13-8-14(9-18(25-4)19(13)26-5)20(22)21-15-10-16(23-2)12-17(11-15)24-3/h6,8-12H,1,7H2,2-5H3,(H,21,22). The van der Waals surface area contributed by atoms with Gasteiger partial charge < -0.3 is 24.3 Å². The Morgan fingerprint density at radius 1 is 0.962 bits per heavy atom. The number of carbonyl (C=O) groups excluding carboxylic acids is 1. The second kappa shape index (κ2) is 8.80. The number of rotatable bonds is 8. The maximum Gasteiger partial charge on any atom is 0.255 e. The van der Waals surface area contributed by atoms with Gasteiger partial charge in [0, 0.05) is 35.0 Å². The molecule has 0 saturated carbocycles. The minimum absolute atomic E-state index is 0.286. The summed E-state index contributed by atoms with van der Waals surface area (Å²) in [6.07, 6.45) is 2.29. The summed E-state index contributed by atoms with van der Waals surface area (Å²) in [5.74, 6) is 1.96. The number of hydrogen-bond acceptors (Lipinski definition) is 5. The molecule has 0 saturated heterocycles. The SMILES string of the molecule is C=CCc1cc(C(=O)Nc2cc(OC)cc(OC)c2)cc(OC)c1OC. The average Bonchev–Trinajstić information content (AvgIpc) is 2.66. The second-order valence-electron chi connectivity index (χ2n) is 5.42. The van der Waals surface area contributed by atoms with Crippen LogP contribution in [0.3, 0.4) is 0 Å². The summed E-state index contributed by atoms with van der Waals surface area (Å²) < 4.78 is 21.2. The van der Waals surface area contributed by atoms with Crippen molar-refractivity contribution < 1.29 is 23.7 Å². The third-order valence-electron chi connectivity index (χ3n) is 3.79. The molecule has 1 N–H and O–H groups in total. The Labute approximate surface area is 153 Å². The Kier molecular flexibility index (Phi) is 6.49. The molecule has 0 aliphatic heterocycles. The van der Waals surface area contributed by atoms with Crippen LogP contribution in [0.2, 0.25) is 0 Å². The van der Waals surface area contributed by atoms with Crippen LogP contribution >= 0.6 is 0 Å². The quantitative estimate of drug-likeness (QED) is 0.730. The van der Waals surface area contributed by atoms with Crippen molar-refractivity contribution in [3.05, 3.63) is 54.1 Å². The van der Waals surface area contributed by atoms with Gasteiger partial charge in [-0.15, -0.1) is 6.58 Å². The van der Waals surface area contributed by atoms with E-state index in [1.165, 1.54) is 7.11 Å². The molecule has 0 bridgehead atoms. The predicted molar refractivity (Wildman–Crippen MR) is 101 cm³/mol. The van der Waals surface area contributed by atoms with Crippen LogP contribution in [0.4, 0.5) is 5.69 Å². The molecular weight excluding hydrogens is 334 g/mol. The van der Waals surface area contributed by atoms with Gasteiger partial charge in [-0.3, -0.25) is 4.79 Å². The lowest BCUT2D eigenvalue weighted by Gasteiger charge is -2.15. The molecule has 138 valence electrons. The fourth-order valence-corrected chi connectivity index (χ4v) is 2.56. The van der Waals surface area contributed by atoms with E-state index < -0.39 is 0 Å². The molecule has 0 unspecified atom stereocenters. The van der Waals surface area contributed by atoms with Gasteiger partial charge in [-0.05, 0) is 18.6 Å². The van der Waals surface area contributed by atoms with Gasteiger partial charge in [0.25, 0.3) is 5.91 Å². The van der Waals surface area contributed by atoms with Crippen LogP contribution in [0.25, 0.3) is 0 Å². The summed E-state index contributed by atoms with van der Waals surface area (Å²) in [6.45, 7) is 3.74. The van der Waals surface area contributed by atoms with Gasteiger partial charge in [-0.25, -0.2) is 0 Å². The maximum absolute atomic E-state index is 12.7. The number of nitrogens with one attached hydrogen (secondary N) is 1. The average molecular weight is 357 g/mol. The van der Waals surface area contributed by atoms with Crippen molar-refractivity contribution in [3.8, 4) is 23.0 Å². The predicted octanol–water partition coefficient (Wildman–Crippen LogP) is 3.70. The van der Waals surface area contributed by atoms with Crippen molar-refractivity contribution in [1.29, 1.82) is 0 Å². The summed E-state index contributed by atoms with van der Waals surface area (Å²) in [5, 5.41) is 2.84. The lowest BCUT2D eigenvalue weighted by atomic mass is 10.0. The van der Waals surface area contributed by atoms with Crippen LogP contribution in [0, 0.1) is 0 Å². The number of carbonyl (C=O) groups is 1. The van der Waals surface area contributed by atoms with E-state index in [0.717, 1.165) is 5.56 Å². The van der Waals surface area contributed by atoms with Crippen molar-refractivity contribution >= 4 is 11.6 Å². The molecule has 6 heteroatoms. The molecular formula is C20H23NO5. The summed E-state index contributed by atoms with van der Waals surface area (Å²) in [6, 6.07) is 8.56. The molecule has 0 aliphatic rings. The van der Waals surface area contributed by atoms with Gasteiger partial charge in [-0.2, -0.15) is 0 Å². The molecule has 2 aromatic rings. The Balaban J connectivity index is 2.37. The lowest BCUT2D eigenvalue weighted by molar-refractivity contribution is 0.102. The number of methoxy groups -OCH3 is 4. The third kappa shape index (κ3) is 4.27. The Hall–Kier alpha value is -3.15. The van der Waals surface area contributed by atoms with Gasteiger partial charge in [0.1, 0.15) is 11.5 Å². The molecule has 26 heavy (non-hydrogen) atoms. The second-order valence-corrected chi connectivity index (χ2v) is 5.42. The van der Waals surface area contributed by atoms with E-state index in [-0.39, 0.29) is 5.91 Å². The van der Waals surface area contributed by atoms with E-state index in [2.05, 4.69) is 11.9 Å². The van der Waals surface area contributed by atoms with Gasteiger partial charge in [-0.1, -0.05) is 6.08 Å². The zero-order valence-corrected chi connectivity index (χ0v) is 15.4. The van der Waals surface area contributed by atoms with E-state index in [1.54, 1.807) is 57.7 Å². The molecule has 0 atom stereocenters. The highest BCUT2D eigenvalue weighted by Gasteiger charge is 2.16. The fourth-order valence-electron chi connectivity index (χ4n) is 2.56. The number of hydrogen-bond donors (Lipinski definition) is 1. The zero-order valence-electron chi connectivity index (χ0n) is 15.4. The number of allylic oxidation sites excluding steroid dienone is 1. The van der Waals surface area contributed by atoms with E-state index in [4.69, 9.17) is 18.9 Å². The largest absolute Gasteiger partial charge is 0.497 e. The maximum atomic E-state index is 12.7. The van der Waals surface area contributed by atoms with E-state index in [9.17, 15) is 4.79 Å². The molecule has 1 amide bonds. The third-order valence-corrected chi connectivity index (χ3v) is 3.79. The minimum Gasteiger partial charge on any atom is -0.497 e. The van der Waals surface area contributed by atoms with Crippen molar-refractivity contribution in [2.24, 2.45) is 0 Å². The van der Waals surface area contributed by atoms with E-state index in [1.807, 2.05) is 0 Å². The van der Waals surface area contributed by atoms with Crippen LogP contribution < -0.4 is 24.3 Å². The first-order chi connectivity index (χ1) is 12.6. The monoisotopic (exact) mass is 357 g/mol. The van der Waals surface area contributed by atoms with Crippen molar-refractivity contribution in [2.75, 3.05) is 33.8 Å². The summed E-state index contributed by atoms with van der Waals surface area (Å²) in [4.78, 5) is 12.7. The van der Waals surface area contributed by atoms with Gasteiger partial charge in [0.15, 0.2) is 11.5 Å². The Bertz CT molecular complexity index is 779. The van der Waals surface area contributed by atoms with Gasteiger partial charge in [0.2, 0.25) is 0 Å². The Morgan fingerprint density at radius 2 is 1.62 bits per heavy atom. The summed E-state index contributed by atoms with van der Waals surface area (Å²) in [5.41, 5.74) is 1.82. The van der Waals surface area contributed by atoms with Crippen molar-refractivity contribution in [3.63, 3.8) is 0 Å². The zero-order chi connectivity index (χ0) is 19.1. The van der Waals surface area contributed by atoms with Crippen LogP contribution in [0.5, 0.6) is 23.0 Å². The molecule has 0 spiro atoms. The highest BCUT2D eigenvalue weighted by molar-refractivity contribution is 6.05. The first-order valence-electron chi connectivity index (χ1n) is 7.96. The normalized spacial score (nSPS) is 10.0. The first kappa shape index (κ1) is 19.2. The molecule has 2 aromatic carbocycles. The lowest BCUT2D eigenvalue weighted by Crippen LogP contribution is -2.13. The smallest absolute Gasteiger partial charge is 0.255 e. The number of ether oxygens (including phenoxy) is 4. The first-order valence-corrected chi connectivity index (χ1v) is 7.96. The highest BCUT2D eigenvalue weighted by Crippen LogP contribution is 2.34. The van der Waals surface area contributed by atoms with Crippen molar-refractivity contribution in [2.45, 2.75) is 6.42 Å². The van der Waals surface area contributed by atoms with Crippen LogP contribution in [-0.4, -0.2) is 34.3 Å². The summed E-state index contributed by atoms with van der Waals surface area (Å²) in [7, 11) is 6.20. The Morgan fingerprint density at radius 3 is 2.12 bits per heavy atom. The minimum atomic E-state index is -0.286. The van der Waals surface area contributed by atoms with Crippen LogP contribution in [0.15, 0.2) is 43.0 Å². The fraction of sp³-hybridized carbons (Fsp3) is 0.250. The number of amides is 1. The molecule has 0 heterocycles. The number of anilines is 1. The van der Waals surface area contributed by atoms with Crippen molar-refractivity contribution in [1.82, 2.24) is 0 Å². The van der Waals surface area contributed by atoms with E-state index >= 15 is 0 Å². The molecule has 2 rings (SSSR count). The van der Waals surface area contributed by atoms with Gasteiger partial charge >= 0.3 is 0 Å². The molecule has 0 aliphatic carbocycles. The topological polar surface area (TPSA) is 66.0 Å². The van der Waals surface area contributed by atoms with E-state index in [0.29, 0.717) is 40.7 Å². The van der Waals surface area contributed by atoms with Crippen LogP contribution in [-0.2, 0) is 6.42 Å². The number of benzene rings is 2. The molecule has 0 fully saturated rings. The molecule has 0 aromatic heterocycles.